The van der Waals surface area contributed by atoms with Crippen molar-refractivity contribution in [3.05, 3.63) is 0 Å². The molecule has 3 nitrogen and oxygen atoms in total. The summed E-state index contributed by atoms with van der Waals surface area (Å²) in [5, 5.41) is 3.26. The Morgan fingerprint density at radius 3 is 3.09 bits per heavy atom. The van der Waals surface area contributed by atoms with Crippen LogP contribution in [0.4, 0.5) is 0 Å². The van der Waals surface area contributed by atoms with E-state index >= 15 is 0 Å². The summed E-state index contributed by atoms with van der Waals surface area (Å²) in [6.45, 7) is 3.42. The fourth-order valence-corrected chi connectivity index (χ4v) is 1.19. The highest BCUT2D eigenvalue weighted by Crippen LogP contribution is 2.04. The molecule has 0 aliphatic carbocycles. The van der Waals surface area contributed by atoms with Gasteiger partial charge in [0, 0.05) is 12.5 Å². The highest BCUT2D eigenvalue weighted by molar-refractivity contribution is 5.68. The Bertz CT molecular complexity index is 130. The lowest BCUT2D eigenvalue weighted by molar-refractivity contribution is -0.143. The van der Waals surface area contributed by atoms with E-state index in [1.54, 1.807) is 0 Å². The molecule has 0 unspecified atom stereocenters. The number of rotatable bonds is 3. The molecule has 11 heavy (non-hydrogen) atoms. The average Bonchev–Trinajstić information content (AvgIpc) is 2.52. The number of hydrogen-bond acceptors (Lipinski definition) is 3. The quantitative estimate of drug-likeness (QED) is 0.612. The van der Waals surface area contributed by atoms with Crippen molar-refractivity contribution < 1.29 is 9.53 Å². The first kappa shape index (κ1) is 8.53. The summed E-state index contributed by atoms with van der Waals surface area (Å²) in [5.41, 5.74) is 0. The molecule has 0 saturated carbocycles. The predicted octanol–water partition coefficient (Wildman–Crippen LogP) is 0.692. The third kappa shape index (κ3) is 2.89. The second kappa shape index (κ2) is 4.34. The summed E-state index contributed by atoms with van der Waals surface area (Å²) in [6.07, 6.45) is 2.82. The van der Waals surface area contributed by atoms with Crippen molar-refractivity contribution in [2.45, 2.75) is 32.2 Å². The highest BCUT2D eigenvalue weighted by atomic mass is 16.5. The number of carbonyl (C=O) groups is 1. The van der Waals surface area contributed by atoms with E-state index in [0.29, 0.717) is 19.1 Å². The van der Waals surface area contributed by atoms with E-state index in [4.69, 9.17) is 4.74 Å². The first-order valence-electron chi connectivity index (χ1n) is 4.22. The lowest BCUT2D eigenvalue weighted by atomic mass is 10.2. The largest absolute Gasteiger partial charge is 0.464 e. The van der Waals surface area contributed by atoms with Crippen molar-refractivity contribution in [1.29, 1.82) is 0 Å². The fourth-order valence-electron chi connectivity index (χ4n) is 1.19. The Kier molecular flexibility index (Phi) is 3.36. The highest BCUT2D eigenvalue weighted by Gasteiger charge is 2.14. The molecular weight excluding hydrogens is 142 g/mol. The molecule has 1 rings (SSSR count). The molecule has 1 saturated heterocycles. The SMILES string of the molecule is CCC(=O)OC[C@@H]1CCCN1. The second-order valence-corrected chi connectivity index (χ2v) is 2.83. The summed E-state index contributed by atoms with van der Waals surface area (Å²) in [6, 6.07) is 0.408. The van der Waals surface area contributed by atoms with Crippen LogP contribution in [-0.2, 0) is 9.53 Å². The third-order valence-electron chi connectivity index (χ3n) is 1.90. The van der Waals surface area contributed by atoms with Gasteiger partial charge in [-0.2, -0.15) is 0 Å². The van der Waals surface area contributed by atoms with Crippen LogP contribution < -0.4 is 5.32 Å². The zero-order valence-corrected chi connectivity index (χ0v) is 6.93. The molecule has 1 aliphatic rings. The molecule has 0 spiro atoms. The number of ether oxygens (including phenoxy) is 1. The minimum Gasteiger partial charge on any atom is -0.464 e. The summed E-state index contributed by atoms with van der Waals surface area (Å²) in [4.78, 5) is 10.7. The van der Waals surface area contributed by atoms with Gasteiger partial charge in [0.2, 0.25) is 0 Å². The maximum atomic E-state index is 10.7. The first-order chi connectivity index (χ1) is 5.33. The predicted molar refractivity (Wildman–Crippen MR) is 42.3 cm³/mol. The van der Waals surface area contributed by atoms with Crippen LogP contribution in [0.2, 0.25) is 0 Å². The monoisotopic (exact) mass is 157 g/mol. The van der Waals surface area contributed by atoms with Gasteiger partial charge in [0.25, 0.3) is 0 Å². The van der Waals surface area contributed by atoms with Crippen molar-refractivity contribution in [1.82, 2.24) is 5.32 Å². The summed E-state index contributed by atoms with van der Waals surface area (Å²) < 4.78 is 4.97. The molecule has 0 aromatic heterocycles. The molecule has 1 aliphatic heterocycles. The Morgan fingerprint density at radius 1 is 1.73 bits per heavy atom. The van der Waals surface area contributed by atoms with Gasteiger partial charge in [0.1, 0.15) is 6.61 Å². The van der Waals surface area contributed by atoms with Crippen LogP contribution in [0.25, 0.3) is 0 Å². The van der Waals surface area contributed by atoms with Gasteiger partial charge < -0.3 is 10.1 Å². The molecule has 64 valence electrons. The number of hydrogen-bond donors (Lipinski definition) is 1. The van der Waals surface area contributed by atoms with Crippen LogP contribution in [0.3, 0.4) is 0 Å². The lowest BCUT2D eigenvalue weighted by Crippen LogP contribution is -2.27. The minimum atomic E-state index is -0.0984. The van der Waals surface area contributed by atoms with Crippen LogP contribution in [0.1, 0.15) is 26.2 Å². The Morgan fingerprint density at radius 2 is 2.55 bits per heavy atom. The standard InChI is InChI=1S/C8H15NO2/c1-2-8(10)11-6-7-4-3-5-9-7/h7,9H,2-6H2,1H3/t7-/m0/s1. The zero-order valence-electron chi connectivity index (χ0n) is 6.93. The molecule has 0 radical (unpaired) electrons. The molecule has 3 heteroatoms. The van der Waals surface area contributed by atoms with Crippen LogP contribution in [0.5, 0.6) is 0 Å². The third-order valence-corrected chi connectivity index (χ3v) is 1.90. The van der Waals surface area contributed by atoms with Gasteiger partial charge in [0.15, 0.2) is 0 Å². The molecule has 1 heterocycles. The smallest absolute Gasteiger partial charge is 0.305 e. The molecule has 0 aromatic rings. The Balaban J connectivity index is 2.06. The van der Waals surface area contributed by atoms with Gasteiger partial charge in [-0.3, -0.25) is 4.79 Å². The number of esters is 1. The van der Waals surface area contributed by atoms with E-state index in [-0.39, 0.29) is 5.97 Å². The van der Waals surface area contributed by atoms with Crippen LogP contribution in [-0.4, -0.2) is 25.2 Å². The van der Waals surface area contributed by atoms with Crippen molar-refractivity contribution >= 4 is 5.97 Å². The van der Waals surface area contributed by atoms with Crippen molar-refractivity contribution in [2.75, 3.05) is 13.2 Å². The van der Waals surface area contributed by atoms with Gasteiger partial charge in [-0.05, 0) is 19.4 Å². The van der Waals surface area contributed by atoms with Gasteiger partial charge in [0.05, 0.1) is 0 Å². The first-order valence-corrected chi connectivity index (χ1v) is 4.22. The molecule has 1 N–H and O–H groups in total. The van der Waals surface area contributed by atoms with Crippen molar-refractivity contribution in [3.8, 4) is 0 Å². The van der Waals surface area contributed by atoms with E-state index in [2.05, 4.69) is 5.32 Å². The Labute approximate surface area is 67.1 Å². The van der Waals surface area contributed by atoms with Crippen LogP contribution in [0.15, 0.2) is 0 Å². The molecule has 1 atom stereocenters. The van der Waals surface area contributed by atoms with Gasteiger partial charge in [-0.15, -0.1) is 0 Å². The second-order valence-electron chi connectivity index (χ2n) is 2.83. The molecule has 0 amide bonds. The maximum Gasteiger partial charge on any atom is 0.305 e. The van der Waals surface area contributed by atoms with E-state index in [1.165, 1.54) is 6.42 Å². The summed E-state index contributed by atoms with van der Waals surface area (Å²) in [7, 11) is 0. The van der Waals surface area contributed by atoms with E-state index < -0.39 is 0 Å². The van der Waals surface area contributed by atoms with Crippen LogP contribution >= 0.6 is 0 Å². The molecule has 0 aromatic carbocycles. The molecule has 1 fully saturated rings. The fraction of sp³-hybridized carbons (Fsp3) is 0.875. The molecule has 0 bridgehead atoms. The maximum absolute atomic E-state index is 10.7. The Hall–Kier alpha value is -0.570. The van der Waals surface area contributed by atoms with Gasteiger partial charge in [-0.1, -0.05) is 6.92 Å². The van der Waals surface area contributed by atoms with Gasteiger partial charge >= 0.3 is 5.97 Å². The van der Waals surface area contributed by atoms with Gasteiger partial charge in [-0.25, -0.2) is 0 Å². The minimum absolute atomic E-state index is 0.0984. The summed E-state index contributed by atoms with van der Waals surface area (Å²) in [5.74, 6) is -0.0984. The lowest BCUT2D eigenvalue weighted by Gasteiger charge is -2.09. The topological polar surface area (TPSA) is 38.3 Å². The van der Waals surface area contributed by atoms with E-state index in [9.17, 15) is 4.79 Å². The normalized spacial score (nSPS) is 23.5. The van der Waals surface area contributed by atoms with Crippen molar-refractivity contribution in [3.63, 3.8) is 0 Å². The summed E-state index contributed by atoms with van der Waals surface area (Å²) >= 11 is 0. The molecular formula is C8H15NO2. The van der Waals surface area contributed by atoms with E-state index in [0.717, 1.165) is 13.0 Å². The van der Waals surface area contributed by atoms with Crippen LogP contribution in [0, 0.1) is 0 Å². The zero-order chi connectivity index (χ0) is 8.10. The number of nitrogens with one attached hydrogen (secondary N) is 1. The van der Waals surface area contributed by atoms with E-state index in [1.807, 2.05) is 6.92 Å². The number of carbonyl (C=O) groups excluding carboxylic acids is 1. The average molecular weight is 157 g/mol. The van der Waals surface area contributed by atoms with Crippen molar-refractivity contribution in [2.24, 2.45) is 0 Å².